The first-order valence-electron chi connectivity index (χ1n) is 17.6. The first-order valence-corrected chi connectivity index (χ1v) is 18.5. The lowest BCUT2D eigenvalue weighted by Gasteiger charge is -2.18. The standard InChI is InChI=1S/C45H36N4O5S/c1-2-53-36-25-17-30(18-26-36)29-39(48-42(50)32-13-7-4-8-14-32)43(51)46-35-23-27-37(28-24-35)55-41(31-11-5-3-6-12-31)44(52)47-34-21-19-33(20-22-34)45-49-38-15-9-10-16-40(38)54-45/h3-29,41H,2H2,1H3,(H,46,51)(H,47,52)(H,48,50)/b39-29-. The third-order valence-corrected chi connectivity index (χ3v) is 9.70. The van der Waals surface area contributed by atoms with Crippen LogP contribution in [0.3, 0.4) is 0 Å². The highest BCUT2D eigenvalue weighted by Gasteiger charge is 2.23. The number of thioether (sulfide) groups is 1. The van der Waals surface area contributed by atoms with Crippen LogP contribution in [-0.4, -0.2) is 29.3 Å². The molecule has 55 heavy (non-hydrogen) atoms. The molecule has 0 aliphatic rings. The average Bonchev–Trinajstić information content (AvgIpc) is 3.66. The number of oxazole rings is 1. The summed E-state index contributed by atoms with van der Waals surface area (Å²) in [6, 6.07) is 47.7. The van der Waals surface area contributed by atoms with Gasteiger partial charge in [0, 0.05) is 27.4 Å². The lowest BCUT2D eigenvalue weighted by Crippen LogP contribution is -2.30. The van der Waals surface area contributed by atoms with Crippen molar-refractivity contribution in [2.75, 3.05) is 17.2 Å². The summed E-state index contributed by atoms with van der Waals surface area (Å²) in [6.07, 6.45) is 1.61. The number of nitrogens with one attached hydrogen (secondary N) is 3. The van der Waals surface area contributed by atoms with Crippen molar-refractivity contribution >= 4 is 58.0 Å². The molecule has 1 unspecified atom stereocenters. The normalized spacial score (nSPS) is 11.8. The van der Waals surface area contributed by atoms with Crippen LogP contribution in [0, 0.1) is 0 Å². The van der Waals surface area contributed by atoms with E-state index in [-0.39, 0.29) is 11.6 Å². The minimum absolute atomic E-state index is 0.0687. The van der Waals surface area contributed by atoms with Crippen LogP contribution in [0.15, 0.2) is 173 Å². The van der Waals surface area contributed by atoms with E-state index in [0.29, 0.717) is 46.3 Å². The Bertz CT molecular complexity index is 2400. The Balaban J connectivity index is 1.05. The first-order chi connectivity index (χ1) is 26.9. The van der Waals surface area contributed by atoms with Gasteiger partial charge in [-0.25, -0.2) is 4.98 Å². The maximum atomic E-state index is 13.8. The van der Waals surface area contributed by atoms with Crippen molar-refractivity contribution in [3.8, 4) is 17.2 Å². The first kappa shape index (κ1) is 36.4. The highest BCUT2D eigenvalue weighted by atomic mass is 32.2. The number of para-hydroxylation sites is 2. The summed E-state index contributed by atoms with van der Waals surface area (Å²) in [5.41, 5.74) is 5.47. The molecule has 0 bridgehead atoms. The maximum absolute atomic E-state index is 13.8. The van der Waals surface area contributed by atoms with Gasteiger partial charge in [-0.1, -0.05) is 72.8 Å². The highest BCUT2D eigenvalue weighted by molar-refractivity contribution is 8.00. The fraction of sp³-hybridized carbons (Fsp3) is 0.0667. The zero-order valence-electron chi connectivity index (χ0n) is 29.8. The van der Waals surface area contributed by atoms with E-state index in [1.165, 1.54) is 11.8 Å². The molecule has 1 atom stereocenters. The molecule has 9 nitrogen and oxygen atoms in total. The zero-order valence-corrected chi connectivity index (χ0v) is 30.6. The van der Waals surface area contributed by atoms with Gasteiger partial charge in [-0.3, -0.25) is 14.4 Å². The van der Waals surface area contributed by atoms with Gasteiger partial charge in [0.2, 0.25) is 11.8 Å². The quantitative estimate of drug-likeness (QED) is 0.0794. The average molecular weight is 745 g/mol. The molecule has 0 saturated heterocycles. The maximum Gasteiger partial charge on any atom is 0.272 e. The number of aromatic nitrogens is 1. The van der Waals surface area contributed by atoms with Gasteiger partial charge >= 0.3 is 0 Å². The van der Waals surface area contributed by atoms with Crippen molar-refractivity contribution in [1.82, 2.24) is 10.3 Å². The van der Waals surface area contributed by atoms with E-state index in [9.17, 15) is 14.4 Å². The molecule has 3 N–H and O–H groups in total. The molecule has 10 heteroatoms. The molecule has 0 fully saturated rings. The highest BCUT2D eigenvalue weighted by Crippen LogP contribution is 2.37. The number of rotatable bonds is 13. The third kappa shape index (κ3) is 9.37. The van der Waals surface area contributed by atoms with Gasteiger partial charge in [0.15, 0.2) is 5.58 Å². The Morgan fingerprint density at radius 2 is 1.36 bits per heavy atom. The Hall–Kier alpha value is -6.91. The van der Waals surface area contributed by atoms with Crippen molar-refractivity contribution < 1.29 is 23.5 Å². The van der Waals surface area contributed by atoms with Crippen LogP contribution in [-0.2, 0) is 9.59 Å². The van der Waals surface area contributed by atoms with Crippen molar-refractivity contribution in [1.29, 1.82) is 0 Å². The van der Waals surface area contributed by atoms with E-state index in [1.54, 1.807) is 54.6 Å². The van der Waals surface area contributed by atoms with Crippen molar-refractivity contribution in [2.24, 2.45) is 0 Å². The van der Waals surface area contributed by atoms with Crippen LogP contribution < -0.4 is 20.7 Å². The molecule has 3 amide bonds. The third-order valence-electron chi connectivity index (χ3n) is 8.43. The summed E-state index contributed by atoms with van der Waals surface area (Å²) < 4.78 is 11.4. The Kier molecular flexibility index (Phi) is 11.4. The molecule has 0 saturated carbocycles. The van der Waals surface area contributed by atoms with Gasteiger partial charge in [0.1, 0.15) is 22.2 Å². The van der Waals surface area contributed by atoms with Crippen LogP contribution in [0.4, 0.5) is 11.4 Å². The van der Waals surface area contributed by atoms with Crippen molar-refractivity contribution in [3.63, 3.8) is 0 Å². The van der Waals surface area contributed by atoms with Crippen LogP contribution >= 0.6 is 11.8 Å². The lowest BCUT2D eigenvalue weighted by molar-refractivity contribution is -0.116. The molecule has 1 heterocycles. The molecule has 7 rings (SSSR count). The van der Waals surface area contributed by atoms with Gasteiger partial charge in [0.05, 0.1) is 6.61 Å². The van der Waals surface area contributed by atoms with Gasteiger partial charge in [0.25, 0.3) is 11.8 Å². The number of benzene rings is 6. The molecule has 7 aromatic rings. The number of carbonyl (C=O) groups excluding carboxylic acids is 3. The SMILES string of the molecule is CCOc1ccc(/C=C(\NC(=O)c2ccccc2)C(=O)Nc2ccc(SC(C(=O)Nc3ccc(-c4nc5ccccc5o4)cc3)c3ccccc3)cc2)cc1. The molecular formula is C45H36N4O5S. The van der Waals surface area contributed by atoms with Crippen LogP contribution in [0.25, 0.3) is 28.6 Å². The molecular weight excluding hydrogens is 709 g/mol. The predicted molar refractivity (Wildman–Crippen MR) is 218 cm³/mol. The second-order valence-electron chi connectivity index (χ2n) is 12.3. The number of nitrogens with zero attached hydrogens (tertiary/aromatic N) is 1. The van der Waals surface area contributed by atoms with Crippen molar-refractivity contribution in [2.45, 2.75) is 17.1 Å². The van der Waals surface area contributed by atoms with Gasteiger partial charge in [-0.05, 0) is 109 Å². The van der Waals surface area contributed by atoms with Crippen LogP contribution in [0.2, 0.25) is 0 Å². The van der Waals surface area contributed by atoms with E-state index in [2.05, 4.69) is 20.9 Å². The van der Waals surface area contributed by atoms with Crippen LogP contribution in [0.5, 0.6) is 5.75 Å². The number of anilines is 2. The number of hydrogen-bond donors (Lipinski definition) is 3. The summed E-state index contributed by atoms with van der Waals surface area (Å²) in [6.45, 7) is 2.44. The second-order valence-corrected chi connectivity index (χ2v) is 13.5. The minimum atomic E-state index is -0.574. The monoisotopic (exact) mass is 744 g/mol. The predicted octanol–water partition coefficient (Wildman–Crippen LogP) is 9.78. The number of carbonyl (C=O) groups is 3. The Morgan fingerprint density at radius 3 is 2.05 bits per heavy atom. The van der Waals surface area contributed by atoms with E-state index < -0.39 is 17.1 Å². The molecule has 272 valence electrons. The molecule has 0 aliphatic heterocycles. The number of amides is 3. The molecule has 6 aromatic carbocycles. The van der Waals surface area contributed by atoms with Gasteiger partial charge in [-0.15, -0.1) is 11.8 Å². The van der Waals surface area contributed by atoms with Gasteiger partial charge in [-0.2, -0.15) is 0 Å². The number of hydrogen-bond acceptors (Lipinski definition) is 7. The molecule has 0 radical (unpaired) electrons. The van der Waals surface area contributed by atoms with E-state index >= 15 is 0 Å². The fourth-order valence-electron chi connectivity index (χ4n) is 5.69. The fourth-order valence-corrected chi connectivity index (χ4v) is 6.71. The Labute approximate surface area is 322 Å². The minimum Gasteiger partial charge on any atom is -0.494 e. The summed E-state index contributed by atoms with van der Waals surface area (Å²) in [4.78, 5) is 45.9. The number of fused-ring (bicyclic) bond motifs is 1. The zero-order chi connectivity index (χ0) is 38.0. The second kappa shape index (κ2) is 17.3. The topological polar surface area (TPSA) is 123 Å². The smallest absolute Gasteiger partial charge is 0.272 e. The van der Waals surface area contributed by atoms with Gasteiger partial charge < -0.3 is 25.1 Å². The largest absolute Gasteiger partial charge is 0.494 e. The molecule has 1 aromatic heterocycles. The summed E-state index contributed by atoms with van der Waals surface area (Å²) in [5, 5.41) is 8.15. The van der Waals surface area contributed by atoms with Crippen LogP contribution in [0.1, 0.15) is 33.7 Å². The number of ether oxygens (including phenoxy) is 1. The summed E-state index contributed by atoms with van der Waals surface area (Å²) in [5.74, 6) is 0.108. The van der Waals surface area contributed by atoms with E-state index in [0.717, 1.165) is 21.5 Å². The summed E-state index contributed by atoms with van der Waals surface area (Å²) >= 11 is 1.39. The lowest BCUT2D eigenvalue weighted by atomic mass is 10.1. The van der Waals surface area contributed by atoms with Crippen molar-refractivity contribution in [3.05, 3.63) is 180 Å². The van der Waals surface area contributed by atoms with E-state index in [1.807, 2.05) is 116 Å². The Morgan fingerprint density at radius 1 is 0.727 bits per heavy atom. The van der Waals surface area contributed by atoms with E-state index in [4.69, 9.17) is 9.15 Å². The summed E-state index contributed by atoms with van der Waals surface area (Å²) in [7, 11) is 0. The molecule has 0 spiro atoms. The molecule has 0 aliphatic carbocycles.